The number of amides is 1. The summed E-state index contributed by atoms with van der Waals surface area (Å²) in [7, 11) is 1.57. The Morgan fingerprint density at radius 2 is 2.00 bits per heavy atom. The van der Waals surface area contributed by atoms with Crippen LogP contribution >= 0.6 is 0 Å². The summed E-state index contributed by atoms with van der Waals surface area (Å²) in [6.07, 6.45) is 1.19. The summed E-state index contributed by atoms with van der Waals surface area (Å²) in [5.74, 6) is 1.16. The highest BCUT2D eigenvalue weighted by Crippen LogP contribution is 2.31. The molecule has 1 aliphatic heterocycles. The van der Waals surface area contributed by atoms with Gasteiger partial charge < -0.3 is 15.4 Å². The number of pyridine rings is 1. The molecule has 1 amide bonds. The van der Waals surface area contributed by atoms with Crippen LogP contribution in [0.15, 0.2) is 42.5 Å². The molecule has 3 rings (SSSR count). The molecular formula is C16H17N3O2. The molecule has 5 heteroatoms. The van der Waals surface area contributed by atoms with E-state index in [9.17, 15) is 4.79 Å². The lowest BCUT2D eigenvalue weighted by Crippen LogP contribution is -2.22. The third-order valence-electron chi connectivity index (χ3n) is 3.53. The zero-order valence-corrected chi connectivity index (χ0v) is 11.8. The van der Waals surface area contributed by atoms with Crippen LogP contribution in [0.3, 0.4) is 0 Å². The van der Waals surface area contributed by atoms with Crippen molar-refractivity contribution < 1.29 is 9.53 Å². The third kappa shape index (κ3) is 2.97. The minimum atomic E-state index is 0.00523. The Morgan fingerprint density at radius 1 is 1.19 bits per heavy atom. The van der Waals surface area contributed by atoms with Gasteiger partial charge in [-0.25, -0.2) is 0 Å². The van der Waals surface area contributed by atoms with Gasteiger partial charge in [-0.1, -0.05) is 30.3 Å². The Bertz CT molecular complexity index is 643. The van der Waals surface area contributed by atoms with Gasteiger partial charge in [0.25, 0.3) is 0 Å². The van der Waals surface area contributed by atoms with Crippen LogP contribution in [0.5, 0.6) is 5.88 Å². The average molecular weight is 283 g/mol. The molecular weight excluding hydrogens is 266 g/mol. The van der Waals surface area contributed by atoms with Gasteiger partial charge in [0.1, 0.15) is 0 Å². The highest BCUT2D eigenvalue weighted by molar-refractivity contribution is 5.94. The van der Waals surface area contributed by atoms with Gasteiger partial charge in [0.2, 0.25) is 11.8 Å². The van der Waals surface area contributed by atoms with Gasteiger partial charge in [0.05, 0.1) is 18.8 Å². The second-order valence-electron chi connectivity index (χ2n) is 4.94. The van der Waals surface area contributed by atoms with Crippen molar-refractivity contribution in [3.8, 4) is 5.88 Å². The SMILES string of the molecule is COc1ccc2c(n1)NC(c1ccccc1)CCC(=O)N2. The van der Waals surface area contributed by atoms with Crippen molar-refractivity contribution >= 4 is 17.4 Å². The highest BCUT2D eigenvalue weighted by atomic mass is 16.5. The summed E-state index contributed by atoms with van der Waals surface area (Å²) >= 11 is 0. The summed E-state index contributed by atoms with van der Waals surface area (Å²) < 4.78 is 5.16. The largest absolute Gasteiger partial charge is 0.481 e. The fourth-order valence-electron chi connectivity index (χ4n) is 2.43. The molecule has 1 aromatic heterocycles. The van der Waals surface area contributed by atoms with E-state index in [2.05, 4.69) is 27.8 Å². The fraction of sp³-hybridized carbons (Fsp3) is 0.250. The predicted octanol–water partition coefficient (Wildman–Crippen LogP) is 2.98. The number of ether oxygens (including phenoxy) is 1. The molecule has 0 radical (unpaired) electrons. The monoisotopic (exact) mass is 283 g/mol. The van der Waals surface area contributed by atoms with E-state index in [0.717, 1.165) is 5.56 Å². The molecule has 0 saturated carbocycles. The van der Waals surface area contributed by atoms with Gasteiger partial charge in [0, 0.05) is 12.5 Å². The Kier molecular flexibility index (Phi) is 3.73. The first-order valence-electron chi connectivity index (χ1n) is 6.92. The lowest BCUT2D eigenvalue weighted by molar-refractivity contribution is -0.116. The van der Waals surface area contributed by atoms with Crippen molar-refractivity contribution in [1.82, 2.24) is 4.98 Å². The lowest BCUT2D eigenvalue weighted by Gasteiger charge is -2.24. The predicted molar refractivity (Wildman–Crippen MR) is 81.5 cm³/mol. The molecule has 0 bridgehead atoms. The minimum Gasteiger partial charge on any atom is -0.481 e. The van der Waals surface area contributed by atoms with Crippen molar-refractivity contribution in [3.05, 3.63) is 48.0 Å². The van der Waals surface area contributed by atoms with Crippen LogP contribution in [-0.4, -0.2) is 18.0 Å². The first kappa shape index (κ1) is 13.4. The quantitative estimate of drug-likeness (QED) is 0.889. The van der Waals surface area contributed by atoms with E-state index in [-0.39, 0.29) is 11.9 Å². The lowest BCUT2D eigenvalue weighted by atomic mass is 10.0. The number of anilines is 2. The summed E-state index contributed by atoms with van der Waals surface area (Å²) in [6.45, 7) is 0. The number of carbonyl (C=O) groups is 1. The Morgan fingerprint density at radius 3 is 2.76 bits per heavy atom. The molecule has 5 nitrogen and oxygen atoms in total. The van der Waals surface area contributed by atoms with Crippen LogP contribution in [0.4, 0.5) is 11.5 Å². The summed E-state index contributed by atoms with van der Waals surface area (Å²) in [5.41, 5.74) is 1.82. The van der Waals surface area contributed by atoms with E-state index < -0.39 is 0 Å². The number of benzene rings is 1. The van der Waals surface area contributed by atoms with Gasteiger partial charge >= 0.3 is 0 Å². The van der Waals surface area contributed by atoms with E-state index in [1.54, 1.807) is 19.2 Å². The van der Waals surface area contributed by atoms with Crippen molar-refractivity contribution in [2.45, 2.75) is 18.9 Å². The Labute approximate surface area is 123 Å². The molecule has 0 saturated heterocycles. The van der Waals surface area contributed by atoms with Crippen LogP contribution in [0.25, 0.3) is 0 Å². The second-order valence-corrected chi connectivity index (χ2v) is 4.94. The molecule has 108 valence electrons. The number of nitrogens with zero attached hydrogens (tertiary/aromatic N) is 1. The summed E-state index contributed by atoms with van der Waals surface area (Å²) in [4.78, 5) is 16.3. The fourth-order valence-corrected chi connectivity index (χ4v) is 2.43. The molecule has 0 spiro atoms. The number of methoxy groups -OCH3 is 1. The smallest absolute Gasteiger partial charge is 0.224 e. The molecule has 0 aliphatic carbocycles. The summed E-state index contributed by atoms with van der Waals surface area (Å²) in [5, 5.41) is 6.27. The molecule has 2 N–H and O–H groups in total. The van der Waals surface area contributed by atoms with Crippen molar-refractivity contribution in [2.75, 3.05) is 17.7 Å². The first-order valence-corrected chi connectivity index (χ1v) is 6.92. The van der Waals surface area contributed by atoms with Gasteiger partial charge in [-0.15, -0.1) is 0 Å². The number of carbonyl (C=O) groups excluding carboxylic acids is 1. The van der Waals surface area contributed by atoms with Gasteiger partial charge in [-0.05, 0) is 18.1 Å². The molecule has 1 unspecified atom stereocenters. The van der Waals surface area contributed by atoms with Crippen molar-refractivity contribution in [2.24, 2.45) is 0 Å². The first-order chi connectivity index (χ1) is 10.3. The maximum Gasteiger partial charge on any atom is 0.224 e. The van der Waals surface area contributed by atoms with Crippen LogP contribution in [0.1, 0.15) is 24.4 Å². The van der Waals surface area contributed by atoms with E-state index >= 15 is 0 Å². The van der Waals surface area contributed by atoms with E-state index in [1.165, 1.54) is 0 Å². The van der Waals surface area contributed by atoms with Gasteiger partial charge in [-0.3, -0.25) is 4.79 Å². The number of fused-ring (bicyclic) bond motifs is 1. The molecule has 1 atom stereocenters. The second kappa shape index (κ2) is 5.83. The molecule has 1 aromatic carbocycles. The maximum absolute atomic E-state index is 11.9. The zero-order valence-electron chi connectivity index (χ0n) is 11.8. The maximum atomic E-state index is 11.9. The number of rotatable bonds is 2. The standard InChI is InChI=1S/C16H17N3O2/c1-21-15-10-8-13-16(19-15)18-12(7-9-14(20)17-13)11-5-3-2-4-6-11/h2-6,8,10,12H,7,9H2,1H3,(H,17,20)(H,18,19). The van der Waals surface area contributed by atoms with E-state index in [4.69, 9.17) is 4.74 Å². The third-order valence-corrected chi connectivity index (χ3v) is 3.53. The normalized spacial score (nSPS) is 17.8. The molecule has 1 aliphatic rings. The number of hydrogen-bond donors (Lipinski definition) is 2. The zero-order chi connectivity index (χ0) is 14.7. The van der Waals surface area contributed by atoms with Crippen LogP contribution in [-0.2, 0) is 4.79 Å². The Hall–Kier alpha value is -2.56. The Balaban J connectivity index is 1.97. The van der Waals surface area contributed by atoms with E-state index in [1.807, 2.05) is 18.2 Å². The van der Waals surface area contributed by atoms with Gasteiger partial charge in [-0.2, -0.15) is 4.98 Å². The number of aromatic nitrogens is 1. The number of hydrogen-bond acceptors (Lipinski definition) is 4. The van der Waals surface area contributed by atoms with Crippen LogP contribution in [0, 0.1) is 0 Å². The topological polar surface area (TPSA) is 63.2 Å². The van der Waals surface area contributed by atoms with Crippen LogP contribution < -0.4 is 15.4 Å². The minimum absolute atomic E-state index is 0.00523. The van der Waals surface area contributed by atoms with Gasteiger partial charge in [0.15, 0.2) is 5.82 Å². The molecule has 0 fully saturated rings. The van der Waals surface area contributed by atoms with Crippen LogP contribution in [0.2, 0.25) is 0 Å². The molecule has 2 heterocycles. The number of nitrogens with one attached hydrogen (secondary N) is 2. The van der Waals surface area contributed by atoms with Crippen molar-refractivity contribution in [3.63, 3.8) is 0 Å². The van der Waals surface area contributed by atoms with Crippen molar-refractivity contribution in [1.29, 1.82) is 0 Å². The summed E-state index contributed by atoms with van der Waals surface area (Å²) in [6, 6.07) is 13.7. The average Bonchev–Trinajstić information content (AvgIpc) is 2.51. The highest BCUT2D eigenvalue weighted by Gasteiger charge is 2.20. The molecule has 2 aromatic rings. The molecule has 21 heavy (non-hydrogen) atoms. The van der Waals surface area contributed by atoms with E-state index in [0.29, 0.717) is 30.2 Å².